The summed E-state index contributed by atoms with van der Waals surface area (Å²) in [7, 11) is 0. The molecule has 30 heavy (non-hydrogen) atoms. The number of thioether (sulfide) groups is 1. The van der Waals surface area contributed by atoms with E-state index in [1.54, 1.807) is 16.2 Å². The average molecular weight is 520 g/mol. The molecule has 0 aliphatic carbocycles. The highest BCUT2D eigenvalue weighted by Crippen LogP contribution is 2.34. The fraction of sp³-hybridized carbons (Fsp3) is 0.190. The second-order valence-electron chi connectivity index (χ2n) is 6.66. The number of hydrogen-bond acceptors (Lipinski definition) is 5. The first-order valence-corrected chi connectivity index (χ1v) is 12.2. The van der Waals surface area contributed by atoms with E-state index >= 15 is 0 Å². The minimum Gasteiger partial charge on any atom is -0.350 e. The summed E-state index contributed by atoms with van der Waals surface area (Å²) in [6.45, 7) is 3.19. The summed E-state index contributed by atoms with van der Waals surface area (Å²) in [5.74, 6) is -0.135. The van der Waals surface area contributed by atoms with Crippen LogP contribution in [-0.2, 0) is 22.7 Å². The number of hydrogen-bond donors (Lipinski definition) is 1. The van der Waals surface area contributed by atoms with E-state index in [9.17, 15) is 9.59 Å². The molecule has 1 saturated heterocycles. The highest BCUT2D eigenvalue weighted by Gasteiger charge is 2.30. The van der Waals surface area contributed by atoms with E-state index in [1.165, 1.54) is 11.8 Å². The number of aromatic nitrogens is 1. The predicted molar refractivity (Wildman–Crippen MR) is 131 cm³/mol. The van der Waals surface area contributed by atoms with Crippen LogP contribution in [0.2, 0.25) is 0 Å². The molecule has 2 amide bonds. The highest BCUT2D eigenvalue weighted by atomic mass is 79.9. The molecular weight excluding hydrogens is 502 g/mol. The molecule has 9 heteroatoms. The fourth-order valence-electron chi connectivity index (χ4n) is 3.27. The molecule has 1 aromatic carbocycles. The number of halogens is 1. The second-order valence-corrected chi connectivity index (χ2v) is 10.3. The molecule has 4 rings (SSSR count). The van der Waals surface area contributed by atoms with Crippen LogP contribution in [0.5, 0.6) is 0 Å². The lowest BCUT2D eigenvalue weighted by molar-refractivity contribution is -0.122. The van der Waals surface area contributed by atoms with Gasteiger partial charge in [0.05, 0.1) is 11.4 Å². The quantitative estimate of drug-likeness (QED) is 0.367. The largest absolute Gasteiger partial charge is 0.350 e. The zero-order valence-corrected chi connectivity index (χ0v) is 20.1. The topological polar surface area (TPSA) is 54.3 Å². The van der Waals surface area contributed by atoms with Crippen molar-refractivity contribution in [1.29, 1.82) is 0 Å². The van der Waals surface area contributed by atoms with Gasteiger partial charge in [-0.15, -0.1) is 11.3 Å². The summed E-state index contributed by atoms with van der Waals surface area (Å²) in [5.41, 5.74) is 1.82. The smallest absolute Gasteiger partial charge is 0.266 e. The molecule has 0 spiro atoms. The van der Waals surface area contributed by atoms with Gasteiger partial charge in [-0.2, -0.15) is 0 Å². The number of thiocarbonyl (C=S) groups is 1. The summed E-state index contributed by atoms with van der Waals surface area (Å²) in [6.07, 6.45) is 3.78. The third kappa shape index (κ3) is 4.39. The zero-order chi connectivity index (χ0) is 21.3. The van der Waals surface area contributed by atoms with Crippen molar-refractivity contribution in [2.75, 3.05) is 6.54 Å². The van der Waals surface area contributed by atoms with Gasteiger partial charge in [-0.05, 0) is 42.6 Å². The van der Waals surface area contributed by atoms with Crippen LogP contribution in [0.1, 0.15) is 17.4 Å². The molecule has 5 nitrogen and oxygen atoms in total. The van der Waals surface area contributed by atoms with E-state index in [1.807, 2.05) is 59.5 Å². The zero-order valence-electron chi connectivity index (χ0n) is 16.1. The Morgan fingerprint density at radius 2 is 2.17 bits per heavy atom. The van der Waals surface area contributed by atoms with Crippen LogP contribution in [-0.4, -0.2) is 32.1 Å². The molecule has 0 saturated carbocycles. The van der Waals surface area contributed by atoms with Crippen molar-refractivity contribution < 1.29 is 9.59 Å². The molecule has 0 atom stereocenters. The maximum Gasteiger partial charge on any atom is 0.266 e. The first-order valence-electron chi connectivity index (χ1n) is 9.29. The summed E-state index contributed by atoms with van der Waals surface area (Å²) in [4.78, 5) is 28.4. The van der Waals surface area contributed by atoms with Gasteiger partial charge in [0.25, 0.3) is 5.91 Å². The molecular formula is C21H18BrN3O2S3. The van der Waals surface area contributed by atoms with Crippen LogP contribution in [0, 0.1) is 0 Å². The number of fused-ring (bicyclic) bond motifs is 1. The molecule has 1 fully saturated rings. The number of rotatable bonds is 6. The number of benzene rings is 1. The molecule has 2 aromatic heterocycles. The molecule has 1 aliphatic rings. The lowest BCUT2D eigenvalue weighted by Gasteiger charge is -2.09. The Labute approximate surface area is 196 Å². The lowest BCUT2D eigenvalue weighted by atomic mass is 10.1. The molecule has 3 aromatic rings. The van der Waals surface area contributed by atoms with E-state index in [4.69, 9.17) is 12.2 Å². The van der Waals surface area contributed by atoms with Crippen LogP contribution in [0.15, 0.2) is 51.3 Å². The highest BCUT2D eigenvalue weighted by molar-refractivity contribution is 9.10. The van der Waals surface area contributed by atoms with Crippen molar-refractivity contribution in [3.8, 4) is 0 Å². The van der Waals surface area contributed by atoms with Crippen molar-refractivity contribution in [3.05, 3.63) is 61.7 Å². The number of carbonyl (C=O) groups excluding carboxylic acids is 2. The van der Waals surface area contributed by atoms with Crippen molar-refractivity contribution in [1.82, 2.24) is 14.8 Å². The van der Waals surface area contributed by atoms with Gasteiger partial charge < -0.3 is 9.88 Å². The Kier molecular flexibility index (Phi) is 6.43. The van der Waals surface area contributed by atoms with Crippen LogP contribution in [0.25, 0.3) is 17.0 Å². The van der Waals surface area contributed by atoms with Crippen molar-refractivity contribution in [2.45, 2.75) is 20.0 Å². The Bertz CT molecular complexity index is 1170. The molecule has 1 aliphatic heterocycles. The van der Waals surface area contributed by atoms with Crippen LogP contribution in [0.4, 0.5) is 0 Å². The second kappa shape index (κ2) is 9.05. The number of nitrogens with one attached hydrogen (secondary N) is 1. The number of likely N-dealkylation sites (N-methyl/N-ethyl adjacent to an activating group) is 1. The fourth-order valence-corrected chi connectivity index (χ4v) is 5.65. The first-order chi connectivity index (χ1) is 14.5. The van der Waals surface area contributed by atoms with Gasteiger partial charge in [0.2, 0.25) is 5.91 Å². The van der Waals surface area contributed by atoms with Crippen molar-refractivity contribution in [3.63, 3.8) is 0 Å². The number of nitrogens with zero attached hydrogens (tertiary/aromatic N) is 2. The number of carbonyl (C=O) groups is 2. The Hall–Kier alpha value is -1.94. The molecule has 3 heterocycles. The molecule has 0 bridgehead atoms. The van der Waals surface area contributed by atoms with E-state index in [2.05, 4.69) is 21.2 Å². The number of thiophene rings is 1. The monoisotopic (exact) mass is 519 g/mol. The van der Waals surface area contributed by atoms with Gasteiger partial charge in [0.15, 0.2) is 0 Å². The van der Waals surface area contributed by atoms with Gasteiger partial charge in [-0.3, -0.25) is 14.5 Å². The molecule has 1 N–H and O–H groups in total. The third-order valence-corrected chi connectivity index (χ3v) is 7.45. The van der Waals surface area contributed by atoms with Gasteiger partial charge >= 0.3 is 0 Å². The van der Waals surface area contributed by atoms with Gasteiger partial charge in [0.1, 0.15) is 10.9 Å². The third-order valence-electron chi connectivity index (χ3n) is 4.70. The average Bonchev–Trinajstić information content (AvgIpc) is 3.41. The lowest BCUT2D eigenvalue weighted by Crippen LogP contribution is -2.27. The van der Waals surface area contributed by atoms with E-state index in [-0.39, 0.29) is 18.4 Å². The van der Waals surface area contributed by atoms with Gasteiger partial charge in [-0.1, -0.05) is 46.0 Å². The van der Waals surface area contributed by atoms with Crippen LogP contribution >= 0.6 is 51.2 Å². The maximum absolute atomic E-state index is 12.6. The van der Waals surface area contributed by atoms with Gasteiger partial charge in [0, 0.05) is 38.6 Å². The van der Waals surface area contributed by atoms with Crippen molar-refractivity contribution >= 4 is 84.4 Å². The minimum absolute atomic E-state index is 0.0629. The van der Waals surface area contributed by atoms with Crippen LogP contribution in [0.3, 0.4) is 0 Å². The minimum atomic E-state index is -0.0721. The summed E-state index contributed by atoms with van der Waals surface area (Å²) in [5, 5.41) is 5.92. The summed E-state index contributed by atoms with van der Waals surface area (Å²) < 4.78 is 3.43. The summed E-state index contributed by atoms with van der Waals surface area (Å²) >= 11 is 11.8. The van der Waals surface area contributed by atoms with E-state index < -0.39 is 0 Å². The predicted octanol–water partition coefficient (Wildman–Crippen LogP) is 5.00. The SMILES string of the molecule is CCN1C(=O)/C(=C/c2cn(CC(=O)NCc3cccs3)c3ccc(Br)cc23)SC1=S. The molecule has 0 unspecified atom stereocenters. The molecule has 0 radical (unpaired) electrons. The first kappa shape index (κ1) is 21.3. The van der Waals surface area contributed by atoms with Crippen LogP contribution < -0.4 is 5.32 Å². The number of amides is 2. The van der Waals surface area contributed by atoms with Crippen molar-refractivity contribution in [2.24, 2.45) is 0 Å². The molecule has 154 valence electrons. The Morgan fingerprint density at radius 3 is 2.87 bits per heavy atom. The normalized spacial score (nSPS) is 15.5. The summed E-state index contributed by atoms with van der Waals surface area (Å²) in [6, 6.07) is 9.89. The van der Waals surface area contributed by atoms with Gasteiger partial charge in [-0.25, -0.2) is 0 Å². The standard InChI is InChI=1S/C21H18BrN3O2S3/c1-2-25-20(27)18(30-21(25)28)8-13-11-24(17-6-5-14(22)9-16(13)17)12-19(26)23-10-15-4-3-7-29-15/h3-9,11H,2,10,12H2,1H3,(H,23,26)/b18-8-. The Balaban J connectivity index is 1.62. The Morgan fingerprint density at radius 1 is 1.33 bits per heavy atom. The van der Waals surface area contributed by atoms with E-state index in [0.29, 0.717) is 22.3 Å². The maximum atomic E-state index is 12.6. The van der Waals surface area contributed by atoms with E-state index in [0.717, 1.165) is 25.8 Å².